The van der Waals surface area contributed by atoms with Gasteiger partial charge < -0.3 is 20.7 Å². The Morgan fingerprint density at radius 2 is 2.20 bits per heavy atom. The molecule has 0 radical (unpaired) electrons. The molecule has 0 aliphatic heterocycles. The molecule has 1 atom stereocenters. The zero-order valence-electron chi connectivity index (χ0n) is 8.81. The van der Waals surface area contributed by atoms with E-state index in [2.05, 4.69) is 0 Å². The molecule has 0 fully saturated rings. The first kappa shape index (κ1) is 11.8. The number of phenols is 1. The van der Waals surface area contributed by atoms with Crippen LogP contribution in [0.4, 0.5) is 0 Å². The van der Waals surface area contributed by atoms with Crippen molar-refractivity contribution in [2.24, 2.45) is 5.73 Å². The van der Waals surface area contributed by atoms with E-state index in [1.807, 2.05) is 0 Å². The van der Waals surface area contributed by atoms with E-state index in [9.17, 15) is 10.2 Å². The van der Waals surface area contributed by atoms with Gasteiger partial charge in [-0.05, 0) is 19.1 Å². The molecule has 0 aliphatic carbocycles. The van der Waals surface area contributed by atoms with E-state index in [4.69, 9.17) is 10.5 Å². The van der Waals surface area contributed by atoms with E-state index in [0.29, 0.717) is 24.3 Å². The third-order valence-corrected chi connectivity index (χ3v) is 2.24. The lowest BCUT2D eigenvalue weighted by molar-refractivity contribution is 0.146. The van der Waals surface area contributed by atoms with Crippen LogP contribution in [-0.4, -0.2) is 29.5 Å². The standard InChI is InChI=1S/C11H17NO3/c1-8-10(14)3-2-4-11(8)15-6-5-9(13)7-12/h2-4,9,13-14H,5-7,12H2,1H3. The Morgan fingerprint density at radius 1 is 1.47 bits per heavy atom. The van der Waals surface area contributed by atoms with Crippen molar-refractivity contribution in [2.75, 3.05) is 13.2 Å². The first-order chi connectivity index (χ1) is 7.15. The van der Waals surface area contributed by atoms with Gasteiger partial charge in [-0.1, -0.05) is 6.07 Å². The van der Waals surface area contributed by atoms with Crippen LogP contribution < -0.4 is 10.5 Å². The van der Waals surface area contributed by atoms with E-state index in [1.54, 1.807) is 25.1 Å². The molecule has 0 bridgehead atoms. The molecule has 4 heteroatoms. The number of hydrogen-bond acceptors (Lipinski definition) is 4. The predicted octanol–water partition coefficient (Wildman–Crippen LogP) is 0.789. The molecule has 4 N–H and O–H groups in total. The molecule has 0 spiro atoms. The summed E-state index contributed by atoms with van der Waals surface area (Å²) in [4.78, 5) is 0. The van der Waals surface area contributed by atoms with Gasteiger partial charge in [-0.25, -0.2) is 0 Å². The zero-order valence-corrected chi connectivity index (χ0v) is 8.81. The fraction of sp³-hybridized carbons (Fsp3) is 0.455. The largest absolute Gasteiger partial charge is 0.508 e. The van der Waals surface area contributed by atoms with Crippen LogP contribution in [0.2, 0.25) is 0 Å². The Hall–Kier alpha value is -1.26. The number of aliphatic hydroxyl groups is 1. The quantitative estimate of drug-likeness (QED) is 0.673. The van der Waals surface area contributed by atoms with Crippen molar-refractivity contribution in [3.8, 4) is 11.5 Å². The second-order valence-corrected chi connectivity index (χ2v) is 3.43. The number of phenolic OH excluding ortho intramolecular Hbond substituents is 1. The molecule has 0 saturated carbocycles. The summed E-state index contributed by atoms with van der Waals surface area (Å²) < 4.78 is 5.41. The van der Waals surface area contributed by atoms with Crippen molar-refractivity contribution in [2.45, 2.75) is 19.4 Å². The van der Waals surface area contributed by atoms with Gasteiger partial charge in [0.25, 0.3) is 0 Å². The highest BCUT2D eigenvalue weighted by Crippen LogP contribution is 2.25. The van der Waals surface area contributed by atoms with Gasteiger partial charge >= 0.3 is 0 Å². The van der Waals surface area contributed by atoms with Crippen molar-refractivity contribution in [1.82, 2.24) is 0 Å². The van der Waals surface area contributed by atoms with Gasteiger partial charge in [-0.15, -0.1) is 0 Å². The van der Waals surface area contributed by atoms with Crippen molar-refractivity contribution in [3.63, 3.8) is 0 Å². The summed E-state index contributed by atoms with van der Waals surface area (Å²) in [7, 11) is 0. The highest BCUT2D eigenvalue weighted by Gasteiger charge is 2.05. The van der Waals surface area contributed by atoms with E-state index < -0.39 is 6.10 Å². The van der Waals surface area contributed by atoms with Gasteiger partial charge in [-0.2, -0.15) is 0 Å². The summed E-state index contributed by atoms with van der Waals surface area (Å²) in [6.07, 6.45) is -0.0337. The third kappa shape index (κ3) is 3.42. The molecule has 4 nitrogen and oxygen atoms in total. The molecular weight excluding hydrogens is 194 g/mol. The minimum Gasteiger partial charge on any atom is -0.508 e. The van der Waals surface area contributed by atoms with Gasteiger partial charge in [0, 0.05) is 18.5 Å². The molecule has 1 aromatic carbocycles. The van der Waals surface area contributed by atoms with E-state index in [0.717, 1.165) is 0 Å². The maximum Gasteiger partial charge on any atom is 0.125 e. The lowest BCUT2D eigenvalue weighted by atomic mass is 10.2. The first-order valence-electron chi connectivity index (χ1n) is 4.94. The van der Waals surface area contributed by atoms with Crippen molar-refractivity contribution in [3.05, 3.63) is 23.8 Å². The Bertz CT molecular complexity index is 315. The minimum absolute atomic E-state index is 0.215. The number of hydrogen-bond donors (Lipinski definition) is 3. The lowest BCUT2D eigenvalue weighted by Gasteiger charge is -2.11. The topological polar surface area (TPSA) is 75.7 Å². The average Bonchev–Trinajstić information content (AvgIpc) is 2.24. The molecule has 1 unspecified atom stereocenters. The fourth-order valence-electron chi connectivity index (χ4n) is 1.18. The first-order valence-corrected chi connectivity index (χ1v) is 4.94. The summed E-state index contributed by atoms with van der Waals surface area (Å²) in [5, 5.41) is 18.6. The van der Waals surface area contributed by atoms with Crippen LogP contribution in [-0.2, 0) is 0 Å². The van der Waals surface area contributed by atoms with E-state index in [1.165, 1.54) is 0 Å². The SMILES string of the molecule is Cc1c(O)cccc1OCCC(O)CN. The summed E-state index contributed by atoms with van der Waals surface area (Å²) in [6, 6.07) is 5.11. The molecule has 84 valence electrons. The monoisotopic (exact) mass is 211 g/mol. The highest BCUT2D eigenvalue weighted by atomic mass is 16.5. The number of nitrogens with two attached hydrogens (primary N) is 1. The molecule has 0 heterocycles. The number of ether oxygens (including phenoxy) is 1. The van der Waals surface area contributed by atoms with Gasteiger partial charge in [0.2, 0.25) is 0 Å². The molecule has 15 heavy (non-hydrogen) atoms. The maximum atomic E-state index is 9.41. The zero-order chi connectivity index (χ0) is 11.3. The Kier molecular flexibility index (Phi) is 4.39. The molecule has 1 aromatic rings. The normalized spacial score (nSPS) is 12.5. The number of aliphatic hydroxyl groups excluding tert-OH is 1. The highest BCUT2D eigenvalue weighted by molar-refractivity contribution is 5.42. The van der Waals surface area contributed by atoms with Gasteiger partial charge in [-0.3, -0.25) is 0 Å². The second-order valence-electron chi connectivity index (χ2n) is 3.43. The van der Waals surface area contributed by atoms with Crippen LogP contribution >= 0.6 is 0 Å². The Labute approximate surface area is 89.3 Å². The van der Waals surface area contributed by atoms with Crippen LogP contribution in [0.25, 0.3) is 0 Å². The van der Waals surface area contributed by atoms with Crippen LogP contribution in [0.3, 0.4) is 0 Å². The van der Waals surface area contributed by atoms with Gasteiger partial charge in [0.05, 0.1) is 12.7 Å². The molecule has 0 amide bonds. The Balaban J connectivity index is 2.47. The predicted molar refractivity (Wildman–Crippen MR) is 58.0 cm³/mol. The number of aromatic hydroxyl groups is 1. The number of benzene rings is 1. The molecule has 0 saturated heterocycles. The molecule has 0 aliphatic rings. The summed E-state index contributed by atoms with van der Waals surface area (Å²) in [5.74, 6) is 0.853. The van der Waals surface area contributed by atoms with Crippen LogP contribution in [0.5, 0.6) is 11.5 Å². The van der Waals surface area contributed by atoms with Crippen molar-refractivity contribution in [1.29, 1.82) is 0 Å². The Morgan fingerprint density at radius 3 is 2.87 bits per heavy atom. The molecule has 1 rings (SSSR count). The molecule has 0 aromatic heterocycles. The van der Waals surface area contributed by atoms with Crippen molar-refractivity contribution < 1.29 is 14.9 Å². The van der Waals surface area contributed by atoms with Gasteiger partial charge in [0.1, 0.15) is 11.5 Å². The van der Waals surface area contributed by atoms with Gasteiger partial charge in [0.15, 0.2) is 0 Å². The smallest absolute Gasteiger partial charge is 0.125 e. The molecular formula is C11H17NO3. The summed E-state index contributed by atoms with van der Waals surface area (Å²) in [5.41, 5.74) is 5.97. The summed E-state index contributed by atoms with van der Waals surface area (Å²) in [6.45, 7) is 2.41. The lowest BCUT2D eigenvalue weighted by Crippen LogP contribution is -2.22. The van der Waals surface area contributed by atoms with Crippen LogP contribution in [0, 0.1) is 6.92 Å². The fourth-order valence-corrected chi connectivity index (χ4v) is 1.18. The second kappa shape index (κ2) is 5.58. The minimum atomic E-state index is -0.525. The summed E-state index contributed by atoms with van der Waals surface area (Å²) >= 11 is 0. The van der Waals surface area contributed by atoms with E-state index >= 15 is 0 Å². The van der Waals surface area contributed by atoms with Crippen molar-refractivity contribution >= 4 is 0 Å². The third-order valence-electron chi connectivity index (χ3n) is 2.24. The number of rotatable bonds is 5. The maximum absolute atomic E-state index is 9.41. The average molecular weight is 211 g/mol. The van der Waals surface area contributed by atoms with Crippen LogP contribution in [0.15, 0.2) is 18.2 Å². The van der Waals surface area contributed by atoms with Crippen LogP contribution in [0.1, 0.15) is 12.0 Å². The van der Waals surface area contributed by atoms with E-state index in [-0.39, 0.29) is 12.3 Å².